The molecule has 1 aromatic carbocycles. The van der Waals surface area contributed by atoms with Crippen molar-refractivity contribution in [3.8, 4) is 0 Å². The number of piperazine rings is 1. The fourth-order valence-electron chi connectivity index (χ4n) is 4.58. The van der Waals surface area contributed by atoms with Gasteiger partial charge >= 0.3 is 5.97 Å². The van der Waals surface area contributed by atoms with Crippen molar-refractivity contribution in [2.75, 3.05) is 26.7 Å². The largest absolute Gasteiger partial charge is 0.468 e. The van der Waals surface area contributed by atoms with Crippen LogP contribution in [0.25, 0.3) is 0 Å². The first-order valence-electron chi connectivity index (χ1n) is 10.7. The van der Waals surface area contributed by atoms with E-state index < -0.39 is 17.6 Å². The van der Waals surface area contributed by atoms with Crippen molar-refractivity contribution in [2.45, 2.75) is 63.5 Å². The lowest BCUT2D eigenvalue weighted by atomic mass is 9.79. The molecule has 1 atom stereocenters. The molecule has 0 aromatic heterocycles. The number of hydrogen-bond donors (Lipinski definition) is 1. The molecule has 0 spiro atoms. The van der Waals surface area contributed by atoms with Crippen LogP contribution in [-0.2, 0) is 25.5 Å². The molecule has 164 valence electrons. The van der Waals surface area contributed by atoms with Gasteiger partial charge in [-0.2, -0.15) is 0 Å². The standard InChI is InChI=1S/C23H32N2O5/c1-17-7-6-8-18(13-17)14-20(26)25-12-11-24(16-21(27)30-2)22(28)19(25)15-23(29)9-4-3-5-10-23/h6-8,13,19,29H,3-5,9-12,14-16H2,1-2H3. The maximum atomic E-state index is 13.2. The maximum absolute atomic E-state index is 13.2. The summed E-state index contributed by atoms with van der Waals surface area (Å²) in [6.07, 6.45) is 4.60. The Bertz CT molecular complexity index is 788. The average molecular weight is 417 g/mol. The van der Waals surface area contributed by atoms with Gasteiger partial charge in [0.25, 0.3) is 0 Å². The quantitative estimate of drug-likeness (QED) is 0.715. The van der Waals surface area contributed by atoms with E-state index in [0.717, 1.165) is 30.4 Å². The van der Waals surface area contributed by atoms with Gasteiger partial charge in [0, 0.05) is 19.5 Å². The smallest absolute Gasteiger partial charge is 0.325 e. The number of rotatable bonds is 6. The SMILES string of the molecule is COC(=O)CN1CCN(C(=O)Cc2cccc(C)c2)C(CC2(O)CCCCC2)C1=O. The molecule has 2 fully saturated rings. The lowest BCUT2D eigenvalue weighted by Crippen LogP contribution is -2.61. The summed E-state index contributed by atoms with van der Waals surface area (Å²) >= 11 is 0. The van der Waals surface area contributed by atoms with E-state index in [2.05, 4.69) is 0 Å². The topological polar surface area (TPSA) is 87.2 Å². The second-order valence-corrected chi connectivity index (χ2v) is 8.59. The zero-order chi connectivity index (χ0) is 21.7. The molecule has 0 radical (unpaired) electrons. The molecule has 2 amide bonds. The van der Waals surface area contributed by atoms with Crippen molar-refractivity contribution < 1.29 is 24.2 Å². The van der Waals surface area contributed by atoms with Crippen LogP contribution in [0.15, 0.2) is 24.3 Å². The number of methoxy groups -OCH3 is 1. The third-order valence-corrected chi connectivity index (χ3v) is 6.25. The minimum absolute atomic E-state index is 0.129. The molecule has 30 heavy (non-hydrogen) atoms. The molecule has 1 N–H and O–H groups in total. The monoisotopic (exact) mass is 416 g/mol. The van der Waals surface area contributed by atoms with E-state index in [1.54, 1.807) is 4.90 Å². The Morgan fingerprint density at radius 1 is 1.20 bits per heavy atom. The molecule has 1 heterocycles. The van der Waals surface area contributed by atoms with E-state index in [-0.39, 0.29) is 37.7 Å². The van der Waals surface area contributed by atoms with Crippen molar-refractivity contribution in [2.24, 2.45) is 0 Å². The number of benzene rings is 1. The first-order chi connectivity index (χ1) is 14.3. The Kier molecular flexibility index (Phi) is 7.13. The maximum Gasteiger partial charge on any atom is 0.325 e. The Morgan fingerprint density at radius 2 is 1.93 bits per heavy atom. The molecule has 7 nitrogen and oxygen atoms in total. The van der Waals surface area contributed by atoms with E-state index in [1.807, 2.05) is 31.2 Å². The van der Waals surface area contributed by atoms with Crippen LogP contribution >= 0.6 is 0 Å². The number of nitrogens with zero attached hydrogens (tertiary/aromatic N) is 2. The molecule has 0 bridgehead atoms. The summed E-state index contributed by atoms with van der Waals surface area (Å²) in [4.78, 5) is 41.1. The number of aryl methyl sites for hydroxylation is 1. The summed E-state index contributed by atoms with van der Waals surface area (Å²) in [6, 6.07) is 7.01. The number of hydrogen-bond acceptors (Lipinski definition) is 5. The summed E-state index contributed by atoms with van der Waals surface area (Å²) in [5, 5.41) is 11.1. The Balaban J connectivity index is 1.79. The summed E-state index contributed by atoms with van der Waals surface area (Å²) in [6.45, 7) is 2.46. The van der Waals surface area contributed by atoms with Crippen molar-refractivity contribution in [1.29, 1.82) is 0 Å². The molecule has 2 aliphatic rings. The lowest BCUT2D eigenvalue weighted by Gasteiger charge is -2.44. The van der Waals surface area contributed by atoms with Crippen LogP contribution in [0.4, 0.5) is 0 Å². The van der Waals surface area contributed by atoms with E-state index in [4.69, 9.17) is 4.74 Å². The van der Waals surface area contributed by atoms with Gasteiger partial charge in [0.1, 0.15) is 12.6 Å². The van der Waals surface area contributed by atoms with E-state index in [0.29, 0.717) is 19.4 Å². The van der Waals surface area contributed by atoms with E-state index >= 15 is 0 Å². The first-order valence-corrected chi connectivity index (χ1v) is 10.7. The fraction of sp³-hybridized carbons (Fsp3) is 0.609. The third kappa shape index (κ3) is 5.39. The molecule has 1 saturated carbocycles. The highest BCUT2D eigenvalue weighted by Gasteiger charge is 2.43. The molecule has 1 unspecified atom stereocenters. The predicted octanol–water partition coefficient (Wildman–Crippen LogP) is 1.84. The average Bonchev–Trinajstić information content (AvgIpc) is 2.71. The normalized spacial score (nSPS) is 21.4. The fourth-order valence-corrected chi connectivity index (χ4v) is 4.58. The highest BCUT2D eigenvalue weighted by Crippen LogP contribution is 2.34. The summed E-state index contributed by atoms with van der Waals surface area (Å²) in [5.74, 6) is -0.905. The van der Waals surface area contributed by atoms with Crippen molar-refractivity contribution in [3.05, 3.63) is 35.4 Å². The molecular formula is C23H32N2O5. The number of amides is 2. The predicted molar refractivity (Wildman–Crippen MR) is 112 cm³/mol. The van der Waals surface area contributed by atoms with Gasteiger partial charge in [-0.3, -0.25) is 14.4 Å². The van der Waals surface area contributed by atoms with Gasteiger partial charge in [-0.05, 0) is 25.3 Å². The van der Waals surface area contributed by atoms with Crippen molar-refractivity contribution >= 4 is 17.8 Å². The van der Waals surface area contributed by atoms with Gasteiger partial charge in [-0.1, -0.05) is 49.1 Å². The number of aliphatic hydroxyl groups is 1. The van der Waals surface area contributed by atoms with Crippen molar-refractivity contribution in [3.63, 3.8) is 0 Å². The highest BCUT2D eigenvalue weighted by atomic mass is 16.5. The molecule has 1 saturated heterocycles. The molecule has 1 aromatic rings. The molecule has 1 aliphatic heterocycles. The number of ether oxygens (including phenoxy) is 1. The van der Waals surface area contributed by atoms with Crippen LogP contribution in [-0.4, -0.2) is 71.1 Å². The minimum atomic E-state index is -0.950. The number of carbonyl (C=O) groups is 3. The van der Waals surface area contributed by atoms with E-state index in [1.165, 1.54) is 12.0 Å². The molecule has 3 rings (SSSR count). The van der Waals surface area contributed by atoms with Crippen LogP contribution in [0, 0.1) is 6.92 Å². The molecular weight excluding hydrogens is 384 g/mol. The zero-order valence-electron chi connectivity index (χ0n) is 17.9. The van der Waals surface area contributed by atoms with Crippen LogP contribution in [0.1, 0.15) is 49.7 Å². The number of carbonyl (C=O) groups excluding carboxylic acids is 3. The van der Waals surface area contributed by atoms with Gasteiger partial charge in [0.15, 0.2) is 0 Å². The Morgan fingerprint density at radius 3 is 2.60 bits per heavy atom. The summed E-state index contributed by atoms with van der Waals surface area (Å²) in [5.41, 5.74) is 1.03. The van der Waals surface area contributed by atoms with Crippen LogP contribution < -0.4 is 0 Å². The van der Waals surface area contributed by atoms with Gasteiger partial charge in [-0.15, -0.1) is 0 Å². The second-order valence-electron chi connectivity index (χ2n) is 8.59. The number of esters is 1. The van der Waals surface area contributed by atoms with Crippen LogP contribution in [0.3, 0.4) is 0 Å². The summed E-state index contributed by atoms with van der Waals surface area (Å²) in [7, 11) is 1.29. The Labute approximate surface area is 178 Å². The van der Waals surface area contributed by atoms with Crippen LogP contribution in [0.2, 0.25) is 0 Å². The molecule has 7 heteroatoms. The summed E-state index contributed by atoms with van der Waals surface area (Å²) < 4.78 is 4.71. The lowest BCUT2D eigenvalue weighted by molar-refractivity contribution is -0.159. The third-order valence-electron chi connectivity index (χ3n) is 6.25. The van der Waals surface area contributed by atoms with Crippen LogP contribution in [0.5, 0.6) is 0 Å². The Hall–Kier alpha value is -2.41. The van der Waals surface area contributed by atoms with Gasteiger partial charge in [0.05, 0.1) is 19.1 Å². The zero-order valence-corrected chi connectivity index (χ0v) is 17.9. The molecule has 1 aliphatic carbocycles. The van der Waals surface area contributed by atoms with Gasteiger partial charge < -0.3 is 19.6 Å². The van der Waals surface area contributed by atoms with Gasteiger partial charge in [0.2, 0.25) is 11.8 Å². The highest BCUT2D eigenvalue weighted by molar-refractivity contribution is 5.91. The van der Waals surface area contributed by atoms with Gasteiger partial charge in [-0.25, -0.2) is 0 Å². The van der Waals surface area contributed by atoms with Crippen molar-refractivity contribution in [1.82, 2.24) is 9.80 Å². The second kappa shape index (κ2) is 9.60. The van der Waals surface area contributed by atoms with E-state index in [9.17, 15) is 19.5 Å². The first kappa shape index (κ1) is 22.3. The minimum Gasteiger partial charge on any atom is -0.468 e.